The molecule has 1 unspecified atom stereocenters. The summed E-state index contributed by atoms with van der Waals surface area (Å²) in [6, 6.07) is 10.5. The lowest BCUT2D eigenvalue weighted by Crippen LogP contribution is -2.44. The average molecular weight is 427 g/mol. The van der Waals surface area contributed by atoms with Crippen LogP contribution in [0, 0.1) is 0 Å². The van der Waals surface area contributed by atoms with Gasteiger partial charge in [-0.3, -0.25) is 9.59 Å². The standard InChI is InChI=1S/C24H30N2O5/c1-3-22(27)18-9-11-20(12-10-18)31-17-23(28)30-16-13-19-7-4-5-15-26(19)24(29)21-8-6-14-25(21)2/h6,8-12,14,19H,3-5,7,13,15-17H2,1-2H3. The molecular formula is C24H30N2O5. The second-order valence-electron chi connectivity index (χ2n) is 7.75. The lowest BCUT2D eigenvalue weighted by Gasteiger charge is -2.35. The minimum absolute atomic E-state index is 0.0249. The zero-order chi connectivity index (χ0) is 22.2. The molecule has 1 aromatic carbocycles. The van der Waals surface area contributed by atoms with Crippen molar-refractivity contribution < 1.29 is 23.9 Å². The summed E-state index contributed by atoms with van der Waals surface area (Å²) in [5.74, 6) is 0.145. The first-order chi connectivity index (χ1) is 15.0. The lowest BCUT2D eigenvalue weighted by molar-refractivity contribution is -0.146. The molecule has 7 heteroatoms. The number of esters is 1. The Bertz CT molecular complexity index is 903. The lowest BCUT2D eigenvalue weighted by atomic mass is 9.99. The number of carbonyl (C=O) groups excluding carboxylic acids is 3. The number of hydrogen-bond acceptors (Lipinski definition) is 5. The van der Waals surface area contributed by atoms with Crippen molar-refractivity contribution in [3.63, 3.8) is 0 Å². The molecule has 1 amide bonds. The predicted molar refractivity (Wildman–Crippen MR) is 116 cm³/mol. The number of ketones is 1. The van der Waals surface area contributed by atoms with E-state index < -0.39 is 5.97 Å². The van der Waals surface area contributed by atoms with E-state index in [1.54, 1.807) is 24.3 Å². The van der Waals surface area contributed by atoms with Crippen LogP contribution in [-0.4, -0.2) is 52.9 Å². The Hall–Kier alpha value is -3.09. The maximum atomic E-state index is 12.9. The maximum Gasteiger partial charge on any atom is 0.344 e. The molecule has 0 radical (unpaired) electrons. The van der Waals surface area contributed by atoms with E-state index in [4.69, 9.17) is 9.47 Å². The second-order valence-corrected chi connectivity index (χ2v) is 7.75. The number of piperidine rings is 1. The highest BCUT2D eigenvalue weighted by Gasteiger charge is 2.28. The molecule has 1 saturated heterocycles. The topological polar surface area (TPSA) is 77.8 Å². The molecule has 1 atom stereocenters. The fraction of sp³-hybridized carbons (Fsp3) is 0.458. The van der Waals surface area contributed by atoms with Gasteiger partial charge in [-0.2, -0.15) is 0 Å². The summed E-state index contributed by atoms with van der Waals surface area (Å²) >= 11 is 0. The molecule has 166 valence electrons. The molecule has 1 aliphatic rings. The van der Waals surface area contributed by atoms with E-state index >= 15 is 0 Å². The van der Waals surface area contributed by atoms with E-state index in [1.807, 2.05) is 41.8 Å². The van der Waals surface area contributed by atoms with Gasteiger partial charge in [0, 0.05) is 44.2 Å². The highest BCUT2D eigenvalue weighted by molar-refractivity contribution is 5.96. The fourth-order valence-corrected chi connectivity index (χ4v) is 3.83. The monoisotopic (exact) mass is 426 g/mol. The Morgan fingerprint density at radius 1 is 1.10 bits per heavy atom. The Balaban J connectivity index is 1.44. The highest BCUT2D eigenvalue weighted by Crippen LogP contribution is 2.22. The molecule has 2 heterocycles. The van der Waals surface area contributed by atoms with Gasteiger partial charge in [-0.15, -0.1) is 0 Å². The van der Waals surface area contributed by atoms with Gasteiger partial charge in [-0.1, -0.05) is 6.92 Å². The van der Waals surface area contributed by atoms with Crippen LogP contribution in [0.25, 0.3) is 0 Å². The fourth-order valence-electron chi connectivity index (χ4n) is 3.83. The van der Waals surface area contributed by atoms with Gasteiger partial charge in [-0.25, -0.2) is 4.79 Å². The maximum absolute atomic E-state index is 12.9. The average Bonchev–Trinajstić information content (AvgIpc) is 3.23. The summed E-state index contributed by atoms with van der Waals surface area (Å²) in [4.78, 5) is 38.5. The smallest absolute Gasteiger partial charge is 0.344 e. The van der Waals surface area contributed by atoms with Gasteiger partial charge in [0.15, 0.2) is 12.4 Å². The van der Waals surface area contributed by atoms with Crippen molar-refractivity contribution in [3.05, 3.63) is 53.9 Å². The number of hydrogen-bond donors (Lipinski definition) is 0. The number of amides is 1. The predicted octanol–water partition coefficient (Wildman–Crippen LogP) is 3.62. The van der Waals surface area contributed by atoms with Crippen LogP contribution >= 0.6 is 0 Å². The number of rotatable bonds is 9. The van der Waals surface area contributed by atoms with Gasteiger partial charge in [0.1, 0.15) is 11.4 Å². The minimum Gasteiger partial charge on any atom is -0.482 e. The van der Waals surface area contributed by atoms with Crippen molar-refractivity contribution in [1.29, 1.82) is 0 Å². The Kier molecular flexibility index (Phi) is 7.87. The van der Waals surface area contributed by atoms with Crippen molar-refractivity contribution in [3.8, 4) is 5.75 Å². The van der Waals surface area contributed by atoms with Crippen molar-refractivity contribution in [2.75, 3.05) is 19.8 Å². The van der Waals surface area contributed by atoms with E-state index in [2.05, 4.69) is 0 Å². The number of nitrogens with zero attached hydrogens (tertiary/aromatic N) is 2. The number of carbonyl (C=O) groups is 3. The molecule has 0 N–H and O–H groups in total. The molecule has 0 saturated carbocycles. The van der Waals surface area contributed by atoms with Crippen LogP contribution in [0.5, 0.6) is 5.75 Å². The first-order valence-corrected chi connectivity index (χ1v) is 10.8. The van der Waals surface area contributed by atoms with Gasteiger partial charge >= 0.3 is 5.97 Å². The third-order valence-corrected chi connectivity index (χ3v) is 5.62. The van der Waals surface area contributed by atoms with Crippen LogP contribution < -0.4 is 4.74 Å². The minimum atomic E-state index is -0.454. The Labute approximate surface area is 182 Å². The van der Waals surface area contributed by atoms with Crippen LogP contribution in [0.15, 0.2) is 42.6 Å². The Morgan fingerprint density at radius 3 is 2.55 bits per heavy atom. The molecule has 1 aromatic heterocycles. The van der Waals surface area contributed by atoms with Crippen LogP contribution in [0.4, 0.5) is 0 Å². The number of aromatic nitrogens is 1. The zero-order valence-corrected chi connectivity index (χ0v) is 18.2. The molecule has 31 heavy (non-hydrogen) atoms. The van der Waals surface area contributed by atoms with Crippen LogP contribution in [0.1, 0.15) is 59.9 Å². The third-order valence-electron chi connectivity index (χ3n) is 5.62. The summed E-state index contributed by atoms with van der Waals surface area (Å²) in [5.41, 5.74) is 1.29. The van der Waals surface area contributed by atoms with E-state index in [-0.39, 0.29) is 30.9 Å². The van der Waals surface area contributed by atoms with Gasteiger partial charge in [-0.05, 0) is 55.7 Å². The third kappa shape index (κ3) is 5.96. The SMILES string of the molecule is CCC(=O)c1ccc(OCC(=O)OCCC2CCCCN2C(=O)c2cccn2C)cc1. The first kappa shape index (κ1) is 22.6. The molecule has 2 aromatic rings. The first-order valence-electron chi connectivity index (χ1n) is 10.8. The van der Waals surface area contributed by atoms with Crippen molar-refractivity contribution in [1.82, 2.24) is 9.47 Å². The Morgan fingerprint density at radius 2 is 1.87 bits per heavy atom. The molecule has 0 aliphatic carbocycles. The summed E-state index contributed by atoms with van der Waals surface area (Å²) in [5, 5.41) is 0. The van der Waals surface area contributed by atoms with Crippen molar-refractivity contribution >= 4 is 17.7 Å². The summed E-state index contributed by atoms with van der Waals surface area (Å²) in [6.45, 7) is 2.58. The number of likely N-dealkylation sites (tertiary alicyclic amines) is 1. The molecule has 0 bridgehead atoms. The van der Waals surface area contributed by atoms with Crippen molar-refractivity contribution in [2.45, 2.75) is 45.1 Å². The van der Waals surface area contributed by atoms with E-state index in [1.165, 1.54) is 0 Å². The molecule has 7 nitrogen and oxygen atoms in total. The van der Waals surface area contributed by atoms with Crippen LogP contribution in [0.3, 0.4) is 0 Å². The second kappa shape index (κ2) is 10.8. The molecule has 1 aliphatic heterocycles. The quantitative estimate of drug-likeness (QED) is 0.452. The number of benzene rings is 1. The summed E-state index contributed by atoms with van der Waals surface area (Å²) < 4.78 is 12.6. The summed E-state index contributed by atoms with van der Waals surface area (Å²) in [6.07, 6.45) is 5.88. The highest BCUT2D eigenvalue weighted by atomic mass is 16.6. The zero-order valence-electron chi connectivity index (χ0n) is 18.2. The number of ether oxygens (including phenoxy) is 2. The van der Waals surface area contributed by atoms with Crippen molar-refractivity contribution in [2.24, 2.45) is 7.05 Å². The molecule has 0 spiro atoms. The van der Waals surface area contributed by atoms with Crippen LogP contribution in [-0.2, 0) is 16.6 Å². The largest absolute Gasteiger partial charge is 0.482 e. The van der Waals surface area contributed by atoms with Gasteiger partial charge < -0.3 is 18.9 Å². The van der Waals surface area contributed by atoms with E-state index in [0.29, 0.717) is 29.8 Å². The van der Waals surface area contributed by atoms with Gasteiger partial charge in [0.2, 0.25) is 0 Å². The van der Waals surface area contributed by atoms with Gasteiger partial charge in [0.25, 0.3) is 5.91 Å². The molecule has 1 fully saturated rings. The van der Waals surface area contributed by atoms with E-state index in [9.17, 15) is 14.4 Å². The van der Waals surface area contributed by atoms with Gasteiger partial charge in [0.05, 0.1) is 6.61 Å². The number of Topliss-reactive ketones (excluding diaryl/α,β-unsaturated/α-hetero) is 1. The van der Waals surface area contributed by atoms with E-state index in [0.717, 1.165) is 25.8 Å². The van der Waals surface area contributed by atoms with Crippen LogP contribution in [0.2, 0.25) is 0 Å². The normalized spacial score (nSPS) is 16.1. The molecule has 3 rings (SSSR count). The number of aryl methyl sites for hydroxylation is 1. The summed E-state index contributed by atoms with van der Waals surface area (Å²) in [7, 11) is 1.86. The molecular weight excluding hydrogens is 396 g/mol.